The van der Waals surface area contributed by atoms with E-state index in [0.717, 1.165) is 30.0 Å². The summed E-state index contributed by atoms with van der Waals surface area (Å²) in [6, 6.07) is 3.92. The average molecular weight is 300 g/mol. The van der Waals surface area contributed by atoms with Crippen LogP contribution in [0.25, 0.3) is 0 Å². The Morgan fingerprint density at radius 2 is 2.05 bits per heavy atom. The lowest BCUT2D eigenvalue weighted by molar-refractivity contribution is 0.00729. The van der Waals surface area contributed by atoms with Crippen LogP contribution in [0.1, 0.15) is 48.7 Å². The van der Waals surface area contributed by atoms with Crippen LogP contribution in [0.4, 0.5) is 5.95 Å². The van der Waals surface area contributed by atoms with Gasteiger partial charge in [0.05, 0.1) is 5.69 Å². The molecule has 0 spiro atoms. The largest absolute Gasteiger partial charge is 0.383 e. The summed E-state index contributed by atoms with van der Waals surface area (Å²) >= 11 is 0. The van der Waals surface area contributed by atoms with Crippen LogP contribution in [0.15, 0.2) is 22.9 Å². The first-order valence-electron chi connectivity index (χ1n) is 7.88. The number of aromatic nitrogens is 3. The van der Waals surface area contributed by atoms with Crippen LogP contribution >= 0.6 is 0 Å². The highest BCUT2D eigenvalue weighted by molar-refractivity contribution is 5.31. The van der Waals surface area contributed by atoms with Gasteiger partial charge in [-0.15, -0.1) is 0 Å². The van der Waals surface area contributed by atoms with Crippen LogP contribution in [0, 0.1) is 6.92 Å². The van der Waals surface area contributed by atoms with E-state index in [0.29, 0.717) is 37.8 Å². The molecule has 2 aromatic rings. The number of rotatable bonds is 3. The maximum atomic E-state index is 10.8. The van der Waals surface area contributed by atoms with Crippen LogP contribution in [0.5, 0.6) is 0 Å². The van der Waals surface area contributed by atoms with E-state index in [-0.39, 0.29) is 0 Å². The first-order valence-corrected chi connectivity index (χ1v) is 7.88. The standard InChI is InChI=1S/C16H20N4O2/c1-11-2-5-13(17-10-11)16(21)6-8-20(9-7-16)15-18-14(22-19-15)12-3-4-12/h2,5,10,12,21H,3-4,6-9H2,1H3. The zero-order valence-corrected chi connectivity index (χ0v) is 12.7. The third kappa shape index (κ3) is 2.47. The summed E-state index contributed by atoms with van der Waals surface area (Å²) < 4.78 is 5.31. The van der Waals surface area contributed by atoms with Crippen LogP contribution in [-0.4, -0.2) is 33.3 Å². The summed E-state index contributed by atoms with van der Waals surface area (Å²) in [5, 5.41) is 14.9. The second-order valence-electron chi connectivity index (χ2n) is 6.45. The molecule has 1 N–H and O–H groups in total. The number of aryl methyl sites for hydroxylation is 1. The van der Waals surface area contributed by atoms with E-state index < -0.39 is 5.60 Å². The molecule has 0 amide bonds. The second-order valence-corrected chi connectivity index (χ2v) is 6.45. The van der Waals surface area contributed by atoms with Crippen molar-refractivity contribution in [2.24, 2.45) is 0 Å². The van der Waals surface area contributed by atoms with Gasteiger partial charge in [0.15, 0.2) is 0 Å². The number of nitrogens with zero attached hydrogens (tertiary/aromatic N) is 4. The Balaban J connectivity index is 1.45. The molecule has 0 aromatic carbocycles. The molecular formula is C16H20N4O2. The van der Waals surface area contributed by atoms with Gasteiger partial charge in [0.1, 0.15) is 5.60 Å². The molecule has 1 saturated heterocycles. The zero-order valence-electron chi connectivity index (χ0n) is 12.7. The molecule has 6 heteroatoms. The Hall–Kier alpha value is -1.95. The van der Waals surface area contributed by atoms with Gasteiger partial charge in [0.25, 0.3) is 5.95 Å². The van der Waals surface area contributed by atoms with E-state index in [1.165, 1.54) is 0 Å². The molecule has 1 aliphatic heterocycles. The molecule has 2 aromatic heterocycles. The van der Waals surface area contributed by atoms with E-state index in [1.807, 2.05) is 19.1 Å². The molecule has 6 nitrogen and oxygen atoms in total. The maximum absolute atomic E-state index is 10.8. The molecule has 22 heavy (non-hydrogen) atoms. The van der Waals surface area contributed by atoms with E-state index in [9.17, 15) is 5.11 Å². The molecule has 1 aliphatic carbocycles. The molecular weight excluding hydrogens is 280 g/mol. The van der Waals surface area contributed by atoms with Crippen molar-refractivity contribution >= 4 is 5.95 Å². The van der Waals surface area contributed by atoms with E-state index in [1.54, 1.807) is 6.20 Å². The van der Waals surface area contributed by atoms with E-state index in [4.69, 9.17) is 4.52 Å². The number of hydrogen-bond donors (Lipinski definition) is 1. The van der Waals surface area contributed by atoms with Gasteiger partial charge in [-0.25, -0.2) is 0 Å². The minimum absolute atomic E-state index is 0.472. The fourth-order valence-electron chi connectivity index (χ4n) is 2.93. The normalized spacial score (nSPS) is 21.1. The van der Waals surface area contributed by atoms with E-state index >= 15 is 0 Å². The van der Waals surface area contributed by atoms with Gasteiger partial charge < -0.3 is 14.5 Å². The van der Waals surface area contributed by atoms with Crippen LogP contribution in [0.2, 0.25) is 0 Å². The monoisotopic (exact) mass is 300 g/mol. The summed E-state index contributed by atoms with van der Waals surface area (Å²) in [6.45, 7) is 3.41. The Bertz CT molecular complexity index is 655. The number of hydrogen-bond acceptors (Lipinski definition) is 6. The van der Waals surface area contributed by atoms with Crippen molar-refractivity contribution in [2.45, 2.75) is 44.1 Å². The smallest absolute Gasteiger partial charge is 0.266 e. The van der Waals surface area contributed by atoms with Crippen molar-refractivity contribution in [3.8, 4) is 0 Å². The summed E-state index contributed by atoms with van der Waals surface area (Å²) in [5.41, 5.74) is 1.00. The first kappa shape index (κ1) is 13.7. The van der Waals surface area contributed by atoms with Gasteiger partial charge in [0.2, 0.25) is 5.89 Å². The molecule has 4 rings (SSSR count). The van der Waals surface area contributed by atoms with Gasteiger partial charge in [-0.3, -0.25) is 4.98 Å². The quantitative estimate of drug-likeness (QED) is 0.936. The maximum Gasteiger partial charge on any atom is 0.266 e. The van der Waals surface area contributed by atoms with Crippen molar-refractivity contribution in [2.75, 3.05) is 18.0 Å². The third-order valence-electron chi connectivity index (χ3n) is 4.62. The van der Waals surface area contributed by atoms with Gasteiger partial charge in [0, 0.05) is 25.2 Å². The van der Waals surface area contributed by atoms with Gasteiger partial charge >= 0.3 is 0 Å². The Kier molecular flexibility index (Phi) is 3.14. The predicted octanol–water partition coefficient (Wildman–Crippen LogP) is 2.14. The first-order chi connectivity index (χ1) is 10.6. The van der Waals surface area contributed by atoms with E-state index in [2.05, 4.69) is 20.0 Å². The van der Waals surface area contributed by atoms with Crippen molar-refractivity contribution in [3.63, 3.8) is 0 Å². The number of pyridine rings is 1. The molecule has 0 atom stereocenters. The summed E-state index contributed by atoms with van der Waals surface area (Å²) in [7, 11) is 0. The van der Waals surface area contributed by atoms with Crippen LogP contribution in [-0.2, 0) is 5.60 Å². The lowest BCUT2D eigenvalue weighted by Crippen LogP contribution is -2.43. The highest BCUT2D eigenvalue weighted by atomic mass is 16.5. The Morgan fingerprint density at radius 3 is 2.68 bits per heavy atom. The van der Waals surface area contributed by atoms with Crippen molar-refractivity contribution < 1.29 is 9.63 Å². The highest BCUT2D eigenvalue weighted by Gasteiger charge is 2.37. The Morgan fingerprint density at radius 1 is 1.27 bits per heavy atom. The number of aliphatic hydroxyl groups is 1. The van der Waals surface area contributed by atoms with Gasteiger partial charge in [-0.2, -0.15) is 4.98 Å². The third-order valence-corrected chi connectivity index (χ3v) is 4.62. The molecule has 0 radical (unpaired) electrons. The van der Waals surface area contributed by atoms with Crippen molar-refractivity contribution in [1.29, 1.82) is 0 Å². The van der Waals surface area contributed by atoms with Crippen molar-refractivity contribution in [3.05, 3.63) is 35.5 Å². The highest BCUT2D eigenvalue weighted by Crippen LogP contribution is 2.40. The van der Waals surface area contributed by atoms with Crippen molar-refractivity contribution in [1.82, 2.24) is 15.1 Å². The van der Waals surface area contributed by atoms with Crippen LogP contribution < -0.4 is 4.90 Å². The predicted molar refractivity (Wildman–Crippen MR) is 80.6 cm³/mol. The molecule has 116 valence electrons. The van der Waals surface area contributed by atoms with Gasteiger partial charge in [-0.05, 0) is 49.4 Å². The number of anilines is 1. The SMILES string of the molecule is Cc1ccc(C2(O)CCN(c3noc(C4CC4)n3)CC2)nc1. The minimum atomic E-state index is -0.854. The van der Waals surface area contributed by atoms with Gasteiger partial charge in [-0.1, -0.05) is 6.07 Å². The summed E-state index contributed by atoms with van der Waals surface area (Å²) in [5.74, 6) is 1.89. The second kappa shape index (κ2) is 5.05. The molecule has 0 bridgehead atoms. The fourth-order valence-corrected chi connectivity index (χ4v) is 2.93. The summed E-state index contributed by atoms with van der Waals surface area (Å²) in [4.78, 5) is 10.9. The zero-order chi connectivity index (χ0) is 15.2. The molecule has 2 fully saturated rings. The fraction of sp³-hybridized carbons (Fsp3) is 0.562. The molecule has 1 saturated carbocycles. The average Bonchev–Trinajstić information content (AvgIpc) is 3.26. The Labute approximate surface area is 129 Å². The van der Waals surface area contributed by atoms with Crippen LogP contribution in [0.3, 0.4) is 0 Å². The molecule has 3 heterocycles. The number of piperidine rings is 1. The lowest BCUT2D eigenvalue weighted by Gasteiger charge is -2.37. The minimum Gasteiger partial charge on any atom is -0.383 e. The topological polar surface area (TPSA) is 75.3 Å². The lowest BCUT2D eigenvalue weighted by atomic mass is 9.88. The summed E-state index contributed by atoms with van der Waals surface area (Å²) in [6.07, 6.45) is 5.36. The molecule has 0 unspecified atom stereocenters. The molecule has 2 aliphatic rings.